The molecule has 2 fully saturated rings. The average Bonchev–Trinajstić information content (AvgIpc) is 3.06. The van der Waals surface area contributed by atoms with Gasteiger partial charge in [-0.2, -0.15) is 0 Å². The van der Waals surface area contributed by atoms with E-state index in [4.69, 9.17) is 0 Å². The lowest BCUT2D eigenvalue weighted by molar-refractivity contribution is 0.212. The Labute approximate surface area is 148 Å². The van der Waals surface area contributed by atoms with Crippen LogP contribution in [0.5, 0.6) is 0 Å². The van der Waals surface area contributed by atoms with Crippen molar-refractivity contribution in [2.24, 2.45) is 5.41 Å². The van der Waals surface area contributed by atoms with Crippen LogP contribution in [0.1, 0.15) is 29.8 Å². The van der Waals surface area contributed by atoms with E-state index in [0.717, 1.165) is 19.1 Å². The molecule has 3 nitrogen and oxygen atoms in total. The minimum absolute atomic E-state index is 0.573. The minimum atomic E-state index is 0.573. The molecular weight excluding hydrogens is 314 g/mol. The summed E-state index contributed by atoms with van der Waals surface area (Å²) in [4.78, 5) is 7.15. The Balaban J connectivity index is 1.43. The van der Waals surface area contributed by atoms with Gasteiger partial charge >= 0.3 is 0 Å². The molecule has 24 heavy (non-hydrogen) atoms. The molecule has 0 amide bonds. The Hall–Kier alpha value is -1.49. The van der Waals surface area contributed by atoms with Gasteiger partial charge in [0.25, 0.3) is 0 Å². The van der Waals surface area contributed by atoms with Gasteiger partial charge in [-0.1, -0.05) is 42.5 Å². The van der Waals surface area contributed by atoms with E-state index in [1.807, 2.05) is 6.20 Å². The van der Waals surface area contributed by atoms with Gasteiger partial charge in [-0.25, -0.2) is 4.98 Å². The van der Waals surface area contributed by atoms with Crippen LogP contribution < -0.4 is 5.32 Å². The van der Waals surface area contributed by atoms with Crippen molar-refractivity contribution in [3.05, 3.63) is 58.6 Å². The predicted octanol–water partition coefficient (Wildman–Crippen LogP) is 3.80. The standard InChI is InChI=1S/C20H25N3S/c1-2-5-17(6-3-1)7-4-13-23(16-19-22-12-14-24-19)18-15-20(18)8-10-21-11-9-20/h1-7,12,14,18,21H,8-11,13,15-16H2/b7-4+. The summed E-state index contributed by atoms with van der Waals surface area (Å²) in [5, 5.41) is 6.83. The number of nitrogens with one attached hydrogen (secondary N) is 1. The van der Waals surface area contributed by atoms with Crippen molar-refractivity contribution in [1.29, 1.82) is 0 Å². The Morgan fingerprint density at radius 3 is 2.83 bits per heavy atom. The fourth-order valence-corrected chi connectivity index (χ4v) is 4.64. The van der Waals surface area contributed by atoms with Crippen molar-refractivity contribution in [2.75, 3.05) is 19.6 Å². The van der Waals surface area contributed by atoms with E-state index in [-0.39, 0.29) is 0 Å². The van der Waals surface area contributed by atoms with Gasteiger partial charge in [0.05, 0.1) is 6.54 Å². The molecule has 1 saturated heterocycles. The van der Waals surface area contributed by atoms with Gasteiger partial charge in [-0.05, 0) is 43.3 Å². The predicted molar refractivity (Wildman–Crippen MR) is 101 cm³/mol. The molecule has 1 aliphatic carbocycles. The molecule has 1 unspecified atom stereocenters. The fourth-order valence-electron chi connectivity index (χ4n) is 4.00. The smallest absolute Gasteiger partial charge is 0.107 e. The monoisotopic (exact) mass is 339 g/mol. The second-order valence-electron chi connectivity index (χ2n) is 7.00. The van der Waals surface area contributed by atoms with Crippen LogP contribution in [0.25, 0.3) is 6.08 Å². The van der Waals surface area contributed by atoms with E-state index < -0.39 is 0 Å². The summed E-state index contributed by atoms with van der Waals surface area (Å²) in [5.74, 6) is 0. The third kappa shape index (κ3) is 3.61. The molecule has 126 valence electrons. The molecule has 2 heterocycles. The normalized spacial score (nSPS) is 22.5. The van der Waals surface area contributed by atoms with E-state index in [1.165, 1.54) is 42.9 Å². The molecule has 1 spiro atoms. The molecule has 1 atom stereocenters. The number of piperidine rings is 1. The Morgan fingerprint density at radius 1 is 1.25 bits per heavy atom. The van der Waals surface area contributed by atoms with Crippen molar-refractivity contribution < 1.29 is 0 Å². The molecule has 0 radical (unpaired) electrons. The van der Waals surface area contributed by atoms with Crippen molar-refractivity contribution in [3.63, 3.8) is 0 Å². The summed E-state index contributed by atoms with van der Waals surface area (Å²) < 4.78 is 0. The van der Waals surface area contributed by atoms with Gasteiger partial charge in [0.1, 0.15) is 5.01 Å². The van der Waals surface area contributed by atoms with E-state index in [1.54, 1.807) is 11.3 Å². The average molecular weight is 340 g/mol. The summed E-state index contributed by atoms with van der Waals surface area (Å²) >= 11 is 1.77. The van der Waals surface area contributed by atoms with Crippen molar-refractivity contribution in [1.82, 2.24) is 15.2 Å². The highest BCUT2D eigenvalue weighted by atomic mass is 32.1. The molecule has 2 aromatic rings. The number of nitrogens with zero attached hydrogens (tertiary/aromatic N) is 2. The lowest BCUT2D eigenvalue weighted by Gasteiger charge is -2.28. The van der Waals surface area contributed by atoms with Gasteiger partial charge < -0.3 is 5.32 Å². The van der Waals surface area contributed by atoms with E-state index >= 15 is 0 Å². The number of hydrogen-bond acceptors (Lipinski definition) is 4. The second kappa shape index (κ2) is 7.18. The zero-order valence-electron chi connectivity index (χ0n) is 14.0. The zero-order valence-corrected chi connectivity index (χ0v) is 14.8. The van der Waals surface area contributed by atoms with Crippen LogP contribution in [-0.4, -0.2) is 35.6 Å². The van der Waals surface area contributed by atoms with Crippen LogP contribution in [0, 0.1) is 5.41 Å². The summed E-state index contributed by atoms with van der Waals surface area (Å²) in [5.41, 5.74) is 1.85. The van der Waals surface area contributed by atoms with E-state index in [9.17, 15) is 0 Å². The molecule has 1 aliphatic heterocycles. The van der Waals surface area contributed by atoms with Gasteiger partial charge in [0.15, 0.2) is 0 Å². The maximum Gasteiger partial charge on any atom is 0.107 e. The number of benzene rings is 1. The van der Waals surface area contributed by atoms with E-state index in [0.29, 0.717) is 5.41 Å². The van der Waals surface area contributed by atoms with Crippen molar-refractivity contribution >= 4 is 17.4 Å². The molecule has 1 saturated carbocycles. The van der Waals surface area contributed by atoms with Crippen LogP contribution in [0.2, 0.25) is 0 Å². The topological polar surface area (TPSA) is 28.2 Å². The highest BCUT2D eigenvalue weighted by Gasteiger charge is 2.56. The molecule has 4 rings (SSSR count). The quantitative estimate of drug-likeness (QED) is 0.868. The number of thiazole rings is 1. The van der Waals surface area contributed by atoms with Crippen LogP contribution in [0.4, 0.5) is 0 Å². The molecule has 1 aromatic heterocycles. The van der Waals surface area contributed by atoms with Crippen molar-refractivity contribution in [2.45, 2.75) is 31.8 Å². The third-order valence-corrected chi connectivity index (χ3v) is 6.22. The van der Waals surface area contributed by atoms with Gasteiger partial charge in [0, 0.05) is 24.2 Å². The molecule has 0 bridgehead atoms. The lowest BCUT2D eigenvalue weighted by Crippen LogP contribution is -2.36. The highest BCUT2D eigenvalue weighted by Crippen LogP contribution is 2.56. The van der Waals surface area contributed by atoms with Crippen LogP contribution >= 0.6 is 11.3 Å². The first-order valence-corrected chi connectivity index (χ1v) is 9.78. The lowest BCUT2D eigenvalue weighted by atomic mass is 9.93. The largest absolute Gasteiger partial charge is 0.317 e. The highest BCUT2D eigenvalue weighted by molar-refractivity contribution is 7.09. The fraction of sp³-hybridized carbons (Fsp3) is 0.450. The molecule has 1 N–H and O–H groups in total. The Bertz CT molecular complexity index is 659. The maximum atomic E-state index is 4.51. The first kappa shape index (κ1) is 16.0. The molecular formula is C20H25N3S. The number of hydrogen-bond donors (Lipinski definition) is 1. The Kier molecular flexibility index (Phi) is 4.79. The summed E-state index contributed by atoms with van der Waals surface area (Å²) in [6.07, 6.45) is 10.5. The number of aromatic nitrogens is 1. The van der Waals surface area contributed by atoms with Crippen LogP contribution in [0.15, 0.2) is 48.0 Å². The zero-order chi connectivity index (χ0) is 16.2. The van der Waals surface area contributed by atoms with E-state index in [2.05, 4.69) is 63.1 Å². The first-order chi connectivity index (χ1) is 11.9. The Morgan fingerprint density at radius 2 is 2.08 bits per heavy atom. The minimum Gasteiger partial charge on any atom is -0.317 e. The van der Waals surface area contributed by atoms with Crippen LogP contribution in [-0.2, 0) is 6.54 Å². The summed E-state index contributed by atoms with van der Waals surface area (Å²) in [6.45, 7) is 4.36. The second-order valence-corrected chi connectivity index (χ2v) is 7.98. The molecule has 4 heteroatoms. The third-order valence-electron chi connectivity index (χ3n) is 5.46. The van der Waals surface area contributed by atoms with Crippen LogP contribution in [0.3, 0.4) is 0 Å². The molecule has 2 aliphatic rings. The number of rotatable bonds is 6. The van der Waals surface area contributed by atoms with Crippen molar-refractivity contribution in [3.8, 4) is 0 Å². The summed E-state index contributed by atoms with van der Waals surface area (Å²) in [6, 6.07) is 11.3. The SMILES string of the molecule is C(=C\c1ccccc1)/CN(Cc1nccs1)C1CC12CCNCC2. The van der Waals surface area contributed by atoms with Gasteiger partial charge in [-0.15, -0.1) is 11.3 Å². The molecule has 1 aromatic carbocycles. The van der Waals surface area contributed by atoms with Gasteiger partial charge in [-0.3, -0.25) is 4.90 Å². The maximum absolute atomic E-state index is 4.51. The summed E-state index contributed by atoms with van der Waals surface area (Å²) in [7, 11) is 0. The first-order valence-electron chi connectivity index (χ1n) is 8.90. The van der Waals surface area contributed by atoms with Gasteiger partial charge in [0.2, 0.25) is 0 Å².